The summed E-state index contributed by atoms with van der Waals surface area (Å²) in [5.41, 5.74) is 3.09. The average Bonchev–Trinajstić information content (AvgIpc) is 2.74. The predicted octanol–water partition coefficient (Wildman–Crippen LogP) is 2.31. The average molecular weight is 375 g/mol. The molecule has 1 aliphatic rings. The molecule has 0 atom stereocenters. The number of H-pyrrole nitrogens is 1. The second-order valence-electron chi connectivity index (χ2n) is 6.56. The zero-order valence-electron chi connectivity index (χ0n) is 15.6. The van der Waals surface area contributed by atoms with Gasteiger partial charge in [-0.3, -0.25) is 14.7 Å². The van der Waals surface area contributed by atoms with Crippen LogP contribution in [0.5, 0.6) is 5.75 Å². The molecule has 0 unspecified atom stereocenters. The largest absolute Gasteiger partial charge is 0.496 e. The summed E-state index contributed by atoms with van der Waals surface area (Å²) >= 11 is 0. The van der Waals surface area contributed by atoms with Crippen LogP contribution in [-0.4, -0.2) is 45.0 Å². The number of hydrogen-bond donors (Lipinski definition) is 1. The standard InChI is InChI=1S/C21H21N5O2/c1-28-19-7-3-2-5-15(19)6-4-11-26-12-8-16-18(14-26)24-20(25-21(16)27)17-13-22-9-10-23-17/h2-7,9-10,13H,8,11-12,14H2,1H3,(H,24,25,27)/b6-4+. The molecule has 0 spiro atoms. The molecule has 0 aliphatic carbocycles. The van der Waals surface area contributed by atoms with Crippen LogP contribution in [0.25, 0.3) is 17.6 Å². The maximum atomic E-state index is 12.4. The summed E-state index contributed by atoms with van der Waals surface area (Å²) in [5.74, 6) is 1.31. The first-order valence-corrected chi connectivity index (χ1v) is 9.15. The van der Waals surface area contributed by atoms with Gasteiger partial charge in [0.05, 0.1) is 19.0 Å². The van der Waals surface area contributed by atoms with Gasteiger partial charge in [-0.1, -0.05) is 30.4 Å². The Morgan fingerprint density at radius 1 is 1.29 bits per heavy atom. The molecule has 2 aromatic heterocycles. The third-order valence-electron chi connectivity index (χ3n) is 4.76. The lowest BCUT2D eigenvalue weighted by Crippen LogP contribution is -2.35. The quantitative estimate of drug-likeness (QED) is 0.737. The van der Waals surface area contributed by atoms with Gasteiger partial charge in [-0.15, -0.1) is 0 Å². The van der Waals surface area contributed by atoms with Gasteiger partial charge in [0.25, 0.3) is 5.56 Å². The number of fused-ring (bicyclic) bond motifs is 1. The molecule has 3 aromatic rings. The van der Waals surface area contributed by atoms with Gasteiger partial charge in [-0.05, 0) is 12.5 Å². The lowest BCUT2D eigenvalue weighted by atomic mass is 10.1. The van der Waals surface area contributed by atoms with Crippen molar-refractivity contribution in [2.75, 3.05) is 20.2 Å². The van der Waals surface area contributed by atoms with Crippen molar-refractivity contribution < 1.29 is 4.74 Å². The van der Waals surface area contributed by atoms with E-state index in [1.807, 2.05) is 24.3 Å². The Hall–Kier alpha value is -3.32. The minimum absolute atomic E-state index is 0.0881. The third kappa shape index (κ3) is 3.84. The number of aromatic amines is 1. The number of benzene rings is 1. The van der Waals surface area contributed by atoms with Crippen LogP contribution in [0.15, 0.2) is 53.7 Å². The van der Waals surface area contributed by atoms with Gasteiger partial charge in [0, 0.05) is 43.2 Å². The molecule has 0 amide bonds. The maximum absolute atomic E-state index is 12.4. The Bertz CT molecular complexity index is 1050. The fourth-order valence-corrected chi connectivity index (χ4v) is 3.33. The Kier molecular flexibility index (Phi) is 5.25. The molecule has 7 nitrogen and oxygen atoms in total. The molecule has 0 saturated heterocycles. The van der Waals surface area contributed by atoms with Crippen molar-refractivity contribution in [3.8, 4) is 17.3 Å². The molecule has 0 radical (unpaired) electrons. The highest BCUT2D eigenvalue weighted by Crippen LogP contribution is 2.20. The van der Waals surface area contributed by atoms with Gasteiger partial charge in [-0.25, -0.2) is 9.97 Å². The smallest absolute Gasteiger partial charge is 0.254 e. The van der Waals surface area contributed by atoms with E-state index in [4.69, 9.17) is 4.74 Å². The summed E-state index contributed by atoms with van der Waals surface area (Å²) < 4.78 is 5.38. The summed E-state index contributed by atoms with van der Waals surface area (Å²) in [6, 6.07) is 7.91. The molecule has 1 aromatic carbocycles. The van der Waals surface area contributed by atoms with Gasteiger partial charge in [-0.2, -0.15) is 0 Å². The van der Waals surface area contributed by atoms with Gasteiger partial charge >= 0.3 is 0 Å². The van der Waals surface area contributed by atoms with E-state index in [1.165, 1.54) is 0 Å². The minimum atomic E-state index is -0.0881. The number of methoxy groups -OCH3 is 1. The van der Waals surface area contributed by atoms with Crippen molar-refractivity contribution in [3.63, 3.8) is 0 Å². The molecular weight excluding hydrogens is 354 g/mol. The normalized spacial score (nSPS) is 14.2. The Morgan fingerprint density at radius 2 is 2.18 bits per heavy atom. The van der Waals surface area contributed by atoms with Crippen LogP contribution >= 0.6 is 0 Å². The second kappa shape index (κ2) is 8.14. The highest BCUT2D eigenvalue weighted by Gasteiger charge is 2.21. The van der Waals surface area contributed by atoms with Crippen molar-refractivity contribution in [2.45, 2.75) is 13.0 Å². The van der Waals surface area contributed by atoms with Gasteiger partial charge < -0.3 is 9.72 Å². The van der Waals surface area contributed by atoms with Crippen LogP contribution in [0.3, 0.4) is 0 Å². The van der Waals surface area contributed by atoms with E-state index >= 15 is 0 Å². The summed E-state index contributed by atoms with van der Waals surface area (Å²) in [7, 11) is 1.67. The molecule has 1 aliphatic heterocycles. The van der Waals surface area contributed by atoms with Gasteiger partial charge in [0.2, 0.25) is 0 Å². The second-order valence-corrected chi connectivity index (χ2v) is 6.56. The molecule has 142 valence electrons. The van der Waals surface area contributed by atoms with Crippen LogP contribution in [0.4, 0.5) is 0 Å². The first-order valence-electron chi connectivity index (χ1n) is 9.15. The summed E-state index contributed by atoms with van der Waals surface area (Å²) in [6.07, 6.45) is 9.63. The topological polar surface area (TPSA) is 84.0 Å². The number of ether oxygens (including phenoxy) is 1. The van der Waals surface area contributed by atoms with Crippen LogP contribution in [-0.2, 0) is 13.0 Å². The molecule has 4 rings (SSSR count). The first kappa shape index (κ1) is 18.1. The lowest BCUT2D eigenvalue weighted by molar-refractivity contribution is 0.276. The molecular formula is C21H21N5O2. The van der Waals surface area contributed by atoms with Crippen molar-refractivity contribution in [2.24, 2.45) is 0 Å². The van der Waals surface area contributed by atoms with E-state index in [-0.39, 0.29) is 5.56 Å². The molecule has 28 heavy (non-hydrogen) atoms. The molecule has 0 bridgehead atoms. The van der Waals surface area contributed by atoms with Crippen molar-refractivity contribution in [1.82, 2.24) is 24.8 Å². The maximum Gasteiger partial charge on any atom is 0.254 e. The highest BCUT2D eigenvalue weighted by atomic mass is 16.5. The highest BCUT2D eigenvalue weighted by molar-refractivity contribution is 5.57. The molecule has 3 heterocycles. The van der Waals surface area contributed by atoms with E-state index in [1.54, 1.807) is 25.7 Å². The predicted molar refractivity (Wildman–Crippen MR) is 107 cm³/mol. The van der Waals surface area contributed by atoms with E-state index in [2.05, 4.69) is 37.0 Å². The minimum Gasteiger partial charge on any atom is -0.496 e. The monoisotopic (exact) mass is 375 g/mol. The van der Waals surface area contributed by atoms with Crippen LogP contribution < -0.4 is 10.3 Å². The van der Waals surface area contributed by atoms with E-state index in [0.29, 0.717) is 24.5 Å². The number of nitrogens with one attached hydrogen (secondary N) is 1. The van der Waals surface area contributed by atoms with Crippen molar-refractivity contribution >= 4 is 6.08 Å². The number of nitrogens with zero attached hydrogens (tertiary/aromatic N) is 4. The summed E-state index contributed by atoms with van der Waals surface area (Å²) in [4.78, 5) is 30.5. The van der Waals surface area contributed by atoms with Gasteiger partial charge in [0.1, 0.15) is 11.4 Å². The summed E-state index contributed by atoms with van der Waals surface area (Å²) in [6.45, 7) is 2.22. The first-order chi connectivity index (χ1) is 13.7. The fraction of sp³-hybridized carbons (Fsp3) is 0.238. The zero-order valence-corrected chi connectivity index (χ0v) is 15.6. The molecule has 0 saturated carbocycles. The van der Waals surface area contributed by atoms with Gasteiger partial charge in [0.15, 0.2) is 5.82 Å². The number of rotatable bonds is 5. The fourth-order valence-electron chi connectivity index (χ4n) is 3.33. The lowest BCUT2D eigenvalue weighted by Gasteiger charge is -2.26. The zero-order chi connectivity index (χ0) is 19.3. The SMILES string of the molecule is COc1ccccc1/C=C/CN1CCc2c(nc(-c3cnccn3)[nH]c2=O)C1. The summed E-state index contributed by atoms with van der Waals surface area (Å²) in [5, 5.41) is 0. The van der Waals surface area contributed by atoms with Crippen molar-refractivity contribution in [1.29, 1.82) is 0 Å². The van der Waals surface area contributed by atoms with Crippen molar-refractivity contribution in [3.05, 3.63) is 76.1 Å². The molecule has 7 heteroatoms. The number of para-hydroxylation sites is 1. The third-order valence-corrected chi connectivity index (χ3v) is 4.76. The van der Waals surface area contributed by atoms with Crippen LogP contribution in [0, 0.1) is 0 Å². The Balaban J connectivity index is 1.50. The number of aromatic nitrogens is 4. The van der Waals surface area contributed by atoms with E-state index in [9.17, 15) is 4.79 Å². The Morgan fingerprint density at radius 3 is 3.00 bits per heavy atom. The van der Waals surface area contributed by atoms with E-state index in [0.717, 1.165) is 35.7 Å². The van der Waals surface area contributed by atoms with Crippen LogP contribution in [0.1, 0.15) is 16.8 Å². The van der Waals surface area contributed by atoms with Crippen LogP contribution in [0.2, 0.25) is 0 Å². The molecule has 0 fully saturated rings. The number of hydrogen-bond acceptors (Lipinski definition) is 6. The van der Waals surface area contributed by atoms with E-state index < -0.39 is 0 Å². The Labute approximate surface area is 162 Å². The molecule has 1 N–H and O–H groups in total.